The first kappa shape index (κ1) is 16.1. The zero-order chi connectivity index (χ0) is 15.4. The molecule has 0 aromatic heterocycles. The number of hydrogen-bond acceptors (Lipinski definition) is 3. The highest BCUT2D eigenvalue weighted by molar-refractivity contribution is 6.32. The SMILES string of the molecule is COc1c(Cl)cc(CCN2CCNCC2)cc1C1CCCC1. The molecule has 3 rings (SSSR count). The van der Waals surface area contributed by atoms with Crippen LogP contribution in [0.25, 0.3) is 0 Å². The van der Waals surface area contributed by atoms with Crippen LogP contribution in [0.4, 0.5) is 0 Å². The lowest BCUT2D eigenvalue weighted by Gasteiger charge is -2.27. The molecule has 0 unspecified atom stereocenters. The molecule has 1 aromatic carbocycles. The molecule has 1 aliphatic carbocycles. The van der Waals surface area contributed by atoms with Crippen LogP contribution in [0.5, 0.6) is 5.75 Å². The van der Waals surface area contributed by atoms with Gasteiger partial charge in [0.25, 0.3) is 0 Å². The molecule has 122 valence electrons. The number of halogens is 1. The Balaban J connectivity index is 1.73. The lowest BCUT2D eigenvalue weighted by Crippen LogP contribution is -2.44. The van der Waals surface area contributed by atoms with Crippen LogP contribution in [0, 0.1) is 0 Å². The molecular weight excluding hydrogens is 296 g/mol. The molecule has 1 saturated heterocycles. The zero-order valence-corrected chi connectivity index (χ0v) is 14.3. The highest BCUT2D eigenvalue weighted by Crippen LogP contribution is 2.42. The second-order valence-electron chi connectivity index (χ2n) is 6.52. The van der Waals surface area contributed by atoms with Gasteiger partial charge in [0.05, 0.1) is 12.1 Å². The molecule has 0 bridgehead atoms. The van der Waals surface area contributed by atoms with Gasteiger partial charge < -0.3 is 15.0 Å². The summed E-state index contributed by atoms with van der Waals surface area (Å²) in [6, 6.07) is 4.45. The van der Waals surface area contributed by atoms with Gasteiger partial charge in [-0.05, 0) is 42.4 Å². The third kappa shape index (κ3) is 3.76. The first-order valence-electron chi connectivity index (χ1n) is 8.57. The van der Waals surface area contributed by atoms with Crippen LogP contribution >= 0.6 is 11.6 Å². The van der Waals surface area contributed by atoms with Gasteiger partial charge in [0, 0.05) is 32.7 Å². The van der Waals surface area contributed by atoms with Gasteiger partial charge in [-0.3, -0.25) is 0 Å². The molecule has 3 nitrogen and oxygen atoms in total. The number of nitrogens with one attached hydrogen (secondary N) is 1. The quantitative estimate of drug-likeness (QED) is 0.898. The standard InChI is InChI=1S/C18H27ClN2O/c1-22-18-16(15-4-2-3-5-15)12-14(13-17(18)19)6-9-21-10-7-20-8-11-21/h12-13,15,20H,2-11H2,1H3. The minimum absolute atomic E-state index is 0.631. The van der Waals surface area contributed by atoms with E-state index >= 15 is 0 Å². The second kappa shape index (κ2) is 7.67. The van der Waals surface area contributed by atoms with E-state index in [1.165, 1.54) is 36.8 Å². The second-order valence-corrected chi connectivity index (χ2v) is 6.93. The average Bonchev–Trinajstić information content (AvgIpc) is 3.07. The summed E-state index contributed by atoms with van der Waals surface area (Å²) in [7, 11) is 1.74. The number of piperazine rings is 1. The number of methoxy groups -OCH3 is 1. The van der Waals surface area contributed by atoms with Crippen LogP contribution in [0.15, 0.2) is 12.1 Å². The summed E-state index contributed by atoms with van der Waals surface area (Å²) in [5.41, 5.74) is 2.69. The van der Waals surface area contributed by atoms with E-state index in [2.05, 4.69) is 22.3 Å². The summed E-state index contributed by atoms with van der Waals surface area (Å²) in [6.07, 6.45) is 6.28. The Labute approximate surface area is 139 Å². The number of hydrogen-bond donors (Lipinski definition) is 1. The monoisotopic (exact) mass is 322 g/mol. The van der Waals surface area contributed by atoms with Crippen LogP contribution < -0.4 is 10.1 Å². The van der Waals surface area contributed by atoms with Crippen LogP contribution in [-0.2, 0) is 6.42 Å². The lowest BCUT2D eigenvalue weighted by atomic mass is 9.94. The maximum Gasteiger partial charge on any atom is 0.140 e. The summed E-state index contributed by atoms with van der Waals surface area (Å²) < 4.78 is 5.59. The maximum atomic E-state index is 6.49. The van der Waals surface area contributed by atoms with Gasteiger partial charge in [-0.2, -0.15) is 0 Å². The molecule has 0 amide bonds. The third-order valence-corrected chi connectivity index (χ3v) is 5.34. The molecule has 2 aliphatic rings. The molecule has 1 heterocycles. The van der Waals surface area contributed by atoms with E-state index in [9.17, 15) is 0 Å². The first-order valence-corrected chi connectivity index (χ1v) is 8.95. The number of ether oxygens (including phenoxy) is 1. The maximum absolute atomic E-state index is 6.49. The molecular formula is C18H27ClN2O. The van der Waals surface area contributed by atoms with E-state index in [-0.39, 0.29) is 0 Å². The highest BCUT2D eigenvalue weighted by atomic mass is 35.5. The molecule has 4 heteroatoms. The summed E-state index contributed by atoms with van der Waals surface area (Å²) >= 11 is 6.49. The first-order chi connectivity index (χ1) is 10.8. The van der Waals surface area contributed by atoms with Gasteiger partial charge in [0.15, 0.2) is 0 Å². The van der Waals surface area contributed by atoms with Gasteiger partial charge in [-0.25, -0.2) is 0 Å². The Morgan fingerprint density at radius 3 is 2.64 bits per heavy atom. The minimum Gasteiger partial charge on any atom is -0.495 e. The molecule has 1 N–H and O–H groups in total. The summed E-state index contributed by atoms with van der Waals surface area (Å²) in [5.74, 6) is 1.53. The predicted octanol–water partition coefficient (Wildman–Crippen LogP) is 3.45. The van der Waals surface area contributed by atoms with E-state index in [0.29, 0.717) is 5.92 Å². The van der Waals surface area contributed by atoms with Crippen LogP contribution in [0.2, 0.25) is 5.02 Å². The molecule has 1 saturated carbocycles. The van der Waals surface area contributed by atoms with Crippen molar-refractivity contribution in [1.29, 1.82) is 0 Å². The normalized spacial score (nSPS) is 20.5. The van der Waals surface area contributed by atoms with Crippen molar-refractivity contribution in [3.05, 3.63) is 28.3 Å². The van der Waals surface area contributed by atoms with Crippen LogP contribution in [0.1, 0.15) is 42.7 Å². The Hall–Kier alpha value is -0.770. The molecule has 1 aromatic rings. The molecule has 0 spiro atoms. The van der Waals surface area contributed by atoms with Crippen molar-refractivity contribution in [3.63, 3.8) is 0 Å². The van der Waals surface area contributed by atoms with Crippen molar-refractivity contribution in [3.8, 4) is 5.75 Å². The van der Waals surface area contributed by atoms with E-state index in [0.717, 1.165) is 49.9 Å². The van der Waals surface area contributed by atoms with Gasteiger partial charge in [0.1, 0.15) is 5.75 Å². The van der Waals surface area contributed by atoms with Crippen molar-refractivity contribution in [2.24, 2.45) is 0 Å². The van der Waals surface area contributed by atoms with Gasteiger partial charge >= 0.3 is 0 Å². The van der Waals surface area contributed by atoms with E-state index in [1.807, 2.05) is 0 Å². The Morgan fingerprint density at radius 2 is 1.95 bits per heavy atom. The van der Waals surface area contributed by atoms with Crippen molar-refractivity contribution in [2.75, 3.05) is 39.8 Å². The number of benzene rings is 1. The molecule has 0 atom stereocenters. The number of rotatable bonds is 5. The molecule has 1 aliphatic heterocycles. The smallest absolute Gasteiger partial charge is 0.140 e. The highest BCUT2D eigenvalue weighted by Gasteiger charge is 2.23. The van der Waals surface area contributed by atoms with E-state index in [4.69, 9.17) is 16.3 Å². The zero-order valence-electron chi connectivity index (χ0n) is 13.5. The fourth-order valence-corrected chi connectivity index (χ4v) is 4.12. The molecule has 22 heavy (non-hydrogen) atoms. The third-order valence-electron chi connectivity index (χ3n) is 5.06. The van der Waals surface area contributed by atoms with Gasteiger partial charge in [-0.1, -0.05) is 30.5 Å². The number of nitrogens with zero attached hydrogens (tertiary/aromatic N) is 1. The van der Waals surface area contributed by atoms with Gasteiger partial charge in [-0.15, -0.1) is 0 Å². The van der Waals surface area contributed by atoms with Crippen molar-refractivity contribution in [1.82, 2.24) is 10.2 Å². The topological polar surface area (TPSA) is 24.5 Å². The lowest BCUT2D eigenvalue weighted by molar-refractivity contribution is 0.244. The Bertz CT molecular complexity index is 494. The summed E-state index contributed by atoms with van der Waals surface area (Å²) in [4.78, 5) is 2.53. The van der Waals surface area contributed by atoms with Crippen LogP contribution in [0.3, 0.4) is 0 Å². The van der Waals surface area contributed by atoms with Crippen LogP contribution in [-0.4, -0.2) is 44.7 Å². The fourth-order valence-electron chi connectivity index (χ4n) is 3.79. The minimum atomic E-state index is 0.631. The molecule has 2 fully saturated rings. The summed E-state index contributed by atoms with van der Waals surface area (Å²) in [6.45, 7) is 5.64. The van der Waals surface area contributed by atoms with Crippen molar-refractivity contribution in [2.45, 2.75) is 38.0 Å². The Morgan fingerprint density at radius 1 is 1.23 bits per heavy atom. The van der Waals surface area contributed by atoms with E-state index < -0.39 is 0 Å². The van der Waals surface area contributed by atoms with Crippen molar-refractivity contribution >= 4 is 11.6 Å². The predicted molar refractivity (Wildman–Crippen MR) is 92.2 cm³/mol. The fraction of sp³-hybridized carbons (Fsp3) is 0.667. The van der Waals surface area contributed by atoms with E-state index in [1.54, 1.807) is 7.11 Å². The molecule has 0 radical (unpaired) electrons. The average molecular weight is 323 g/mol. The largest absolute Gasteiger partial charge is 0.495 e. The summed E-state index contributed by atoms with van der Waals surface area (Å²) in [5, 5.41) is 4.18. The Kier molecular flexibility index (Phi) is 5.61. The van der Waals surface area contributed by atoms with Gasteiger partial charge in [0.2, 0.25) is 0 Å². The van der Waals surface area contributed by atoms with Crippen molar-refractivity contribution < 1.29 is 4.74 Å².